The van der Waals surface area contributed by atoms with Crippen LogP contribution in [0.1, 0.15) is 0 Å². The Morgan fingerprint density at radius 3 is 0.400 bits per heavy atom. The SMILES string of the molecule is [BH4-].[BH4-].[BH4-].[BH4-].[U+4]. The van der Waals surface area contributed by atoms with Crippen molar-refractivity contribution in [1.29, 1.82) is 0 Å². The molecule has 0 saturated carbocycles. The first-order valence-corrected chi connectivity index (χ1v) is 0. The summed E-state index contributed by atoms with van der Waals surface area (Å²) < 4.78 is 0. The number of hydrogen-bond acceptors (Lipinski definition) is 0. The molecule has 0 bridgehead atoms. The molecule has 5 heteroatoms. The zero-order chi connectivity index (χ0) is 0. The Hall–Kier alpha value is 1.31. The molecule has 32 valence electrons. The van der Waals surface area contributed by atoms with Crippen LogP contribution in [0.4, 0.5) is 0 Å². The van der Waals surface area contributed by atoms with Crippen molar-refractivity contribution < 1.29 is 31.1 Å². The predicted octanol–water partition coefficient (Wildman–Crippen LogP) is -5.81. The molecule has 0 aliphatic rings. The zero-order valence-corrected chi connectivity index (χ0v) is 4.66. The summed E-state index contributed by atoms with van der Waals surface area (Å²) in [6.07, 6.45) is 0. The van der Waals surface area contributed by atoms with E-state index < -0.39 is 0 Å². The molecule has 0 spiro atoms. The van der Waals surface area contributed by atoms with Crippen LogP contribution in [0, 0.1) is 31.1 Å². The van der Waals surface area contributed by atoms with Crippen molar-refractivity contribution in [3.8, 4) is 0 Å². The Morgan fingerprint density at radius 2 is 0.400 bits per heavy atom. The molecule has 0 heterocycles. The minimum atomic E-state index is 0. The van der Waals surface area contributed by atoms with E-state index >= 15 is 0 Å². The van der Waals surface area contributed by atoms with Crippen molar-refractivity contribution in [2.45, 2.75) is 0 Å². The maximum Gasteiger partial charge on any atom is 4.00 e. The van der Waals surface area contributed by atoms with E-state index in [-0.39, 0.29) is 64.8 Å². The van der Waals surface area contributed by atoms with E-state index in [9.17, 15) is 0 Å². The third-order valence-corrected chi connectivity index (χ3v) is 0. The van der Waals surface area contributed by atoms with Gasteiger partial charge in [-0.25, -0.2) is 0 Å². The third kappa shape index (κ3) is 33.9. The van der Waals surface area contributed by atoms with E-state index in [2.05, 4.69) is 0 Å². The van der Waals surface area contributed by atoms with Gasteiger partial charge in [0.15, 0.2) is 0 Å². The monoisotopic (exact) mass is 298 g/mol. The van der Waals surface area contributed by atoms with Crippen molar-refractivity contribution in [2.24, 2.45) is 0 Å². The average Bonchev–Trinajstić information content (AvgIpc) is 0. The van der Waals surface area contributed by atoms with Gasteiger partial charge < -0.3 is 0 Å². The first-order chi connectivity index (χ1) is 0. The first kappa shape index (κ1) is 104. The van der Waals surface area contributed by atoms with Crippen LogP contribution in [0.2, 0.25) is 0 Å². The summed E-state index contributed by atoms with van der Waals surface area (Å²) in [5.41, 5.74) is 0. The largest absolute Gasteiger partial charge is 4.00 e. The second-order valence-corrected chi connectivity index (χ2v) is 0. The van der Waals surface area contributed by atoms with Gasteiger partial charge in [0, 0.05) is 0 Å². The molecule has 0 aliphatic carbocycles. The third-order valence-electron chi connectivity index (χ3n) is 0. The Kier molecular flexibility index (Phi) is 1190. The smallest absolute Gasteiger partial charge is 0.0626 e. The quantitative estimate of drug-likeness (QED) is 0.391. The van der Waals surface area contributed by atoms with Gasteiger partial charge >= 0.3 is 31.1 Å². The average molecular weight is 297 g/mol. The minimum Gasteiger partial charge on any atom is -0.0626 e. The summed E-state index contributed by atoms with van der Waals surface area (Å²) in [5.74, 6) is 0. The molecule has 5 heavy (non-hydrogen) atoms. The van der Waals surface area contributed by atoms with Gasteiger partial charge in [0.2, 0.25) is 0 Å². The Bertz CT molecular complexity index is 3.61. The summed E-state index contributed by atoms with van der Waals surface area (Å²) in [7, 11) is 0. The van der Waals surface area contributed by atoms with Gasteiger partial charge in [-0.15, -0.1) is 0 Å². The number of hydrogen-bond donors (Lipinski definition) is 0. The van der Waals surface area contributed by atoms with Crippen LogP contribution in [0.3, 0.4) is 0 Å². The summed E-state index contributed by atoms with van der Waals surface area (Å²) in [6.45, 7) is 0. The van der Waals surface area contributed by atoms with E-state index in [0.29, 0.717) is 0 Å². The Balaban J connectivity index is 0. The van der Waals surface area contributed by atoms with Gasteiger partial charge in [0.1, 0.15) is 0 Å². The van der Waals surface area contributed by atoms with Crippen LogP contribution in [-0.2, 0) is 0 Å². The molecule has 0 amide bonds. The topological polar surface area (TPSA) is 0 Å². The molecule has 0 nitrogen and oxygen atoms in total. The van der Waals surface area contributed by atoms with Crippen molar-refractivity contribution in [1.82, 2.24) is 0 Å². The molecule has 0 aromatic carbocycles. The van der Waals surface area contributed by atoms with Gasteiger partial charge in [0.25, 0.3) is 0 Å². The Labute approximate surface area is 64.5 Å². The van der Waals surface area contributed by atoms with Crippen molar-refractivity contribution in [3.63, 3.8) is 0 Å². The molecular formula is H16B4U. The maximum absolute atomic E-state index is 0. The number of rotatable bonds is 0. The summed E-state index contributed by atoms with van der Waals surface area (Å²) in [4.78, 5) is 0. The standard InChI is InChI=1S/4BH4.U/h4*1H4;/q4*-1;+4. The molecule has 0 atom stereocenters. The zero-order valence-electron chi connectivity index (χ0n) is 0.500. The van der Waals surface area contributed by atoms with Crippen LogP contribution in [0.5, 0.6) is 0 Å². The van der Waals surface area contributed by atoms with Crippen molar-refractivity contribution in [2.75, 3.05) is 0 Å². The summed E-state index contributed by atoms with van der Waals surface area (Å²) in [5, 5.41) is 0. The second-order valence-electron chi connectivity index (χ2n) is 0. The van der Waals surface area contributed by atoms with Crippen LogP contribution in [0.15, 0.2) is 0 Å². The fraction of sp³-hybridized carbons (Fsp3) is 0. The molecular weight excluding hydrogens is 281 g/mol. The van der Waals surface area contributed by atoms with Gasteiger partial charge in [-0.1, -0.05) is 33.7 Å². The van der Waals surface area contributed by atoms with Gasteiger partial charge in [-0.05, 0) is 0 Å². The molecule has 0 aromatic heterocycles. The maximum atomic E-state index is 0. The van der Waals surface area contributed by atoms with Gasteiger partial charge in [0.05, 0.1) is 0 Å². The van der Waals surface area contributed by atoms with Crippen LogP contribution >= 0.6 is 0 Å². The van der Waals surface area contributed by atoms with E-state index in [1.165, 1.54) is 0 Å². The predicted molar refractivity (Wildman–Crippen MR) is 45.3 cm³/mol. The van der Waals surface area contributed by atoms with E-state index in [0.717, 1.165) is 0 Å². The molecule has 0 fully saturated rings. The van der Waals surface area contributed by atoms with Gasteiger partial charge in [-0.3, -0.25) is 0 Å². The molecule has 0 radical (unpaired) electrons. The van der Waals surface area contributed by atoms with E-state index in [4.69, 9.17) is 0 Å². The first-order valence-electron chi connectivity index (χ1n) is 0. The molecule has 0 aliphatic heterocycles. The van der Waals surface area contributed by atoms with Crippen LogP contribution in [0.25, 0.3) is 0 Å². The van der Waals surface area contributed by atoms with Crippen molar-refractivity contribution >= 4 is 33.7 Å². The minimum absolute atomic E-state index is 0. The molecule has 0 N–H and O–H groups in total. The second kappa shape index (κ2) is 57.4. The summed E-state index contributed by atoms with van der Waals surface area (Å²) >= 11 is 0. The van der Waals surface area contributed by atoms with Crippen LogP contribution in [-0.4, -0.2) is 33.7 Å². The molecule has 0 rings (SSSR count). The molecule has 0 unspecified atom stereocenters. The van der Waals surface area contributed by atoms with Gasteiger partial charge in [-0.2, -0.15) is 0 Å². The fourth-order valence-corrected chi connectivity index (χ4v) is 0. The molecule has 0 aromatic rings. The van der Waals surface area contributed by atoms with Crippen molar-refractivity contribution in [3.05, 3.63) is 0 Å². The Morgan fingerprint density at radius 1 is 0.400 bits per heavy atom. The van der Waals surface area contributed by atoms with E-state index in [1.807, 2.05) is 0 Å². The fourth-order valence-electron chi connectivity index (χ4n) is 0. The molecule has 0 saturated heterocycles. The van der Waals surface area contributed by atoms with Crippen LogP contribution < -0.4 is 0 Å². The summed E-state index contributed by atoms with van der Waals surface area (Å²) in [6, 6.07) is 0. The normalized spacial score (nSPS) is 0. The van der Waals surface area contributed by atoms with E-state index in [1.54, 1.807) is 0 Å².